The number of hydrogen-bond acceptors (Lipinski definition) is 3. The fourth-order valence-electron chi connectivity index (χ4n) is 2.58. The molecule has 0 saturated heterocycles. The first-order chi connectivity index (χ1) is 10.1. The number of aldehydes is 1. The summed E-state index contributed by atoms with van der Waals surface area (Å²) in [5.74, 6) is 0.351. The predicted octanol–water partition coefficient (Wildman–Crippen LogP) is 3.94. The normalized spacial score (nSPS) is 14.9. The van der Waals surface area contributed by atoms with Crippen molar-refractivity contribution in [2.45, 2.75) is 45.6 Å². The van der Waals surface area contributed by atoms with Gasteiger partial charge in [0.25, 0.3) is 0 Å². The lowest BCUT2D eigenvalue weighted by Gasteiger charge is -2.34. The van der Waals surface area contributed by atoms with Crippen LogP contribution in [0.1, 0.15) is 55.5 Å². The monoisotopic (exact) mass is 287 g/mol. The lowest BCUT2D eigenvalue weighted by molar-refractivity contribution is -0.121. The molecule has 1 saturated carbocycles. The average molecular weight is 287 g/mol. The zero-order valence-corrected chi connectivity index (χ0v) is 13.3. The van der Waals surface area contributed by atoms with E-state index in [-0.39, 0.29) is 0 Å². The molecule has 0 N–H and O–H groups in total. The van der Waals surface area contributed by atoms with E-state index in [2.05, 4.69) is 11.5 Å². The topological polar surface area (TPSA) is 37.4 Å². The van der Waals surface area contributed by atoms with Crippen LogP contribution >= 0.6 is 0 Å². The summed E-state index contributed by atoms with van der Waals surface area (Å²) in [6, 6.07) is 7.80. The van der Waals surface area contributed by atoms with Crippen LogP contribution in [0.3, 0.4) is 0 Å². The van der Waals surface area contributed by atoms with E-state index in [0.717, 1.165) is 30.4 Å². The zero-order chi connectivity index (χ0) is 15.8. The van der Waals surface area contributed by atoms with E-state index in [1.54, 1.807) is 6.07 Å². The van der Waals surface area contributed by atoms with Gasteiger partial charge in [-0.3, -0.25) is 9.59 Å². The molecule has 0 amide bonds. The Morgan fingerprint density at radius 3 is 2.38 bits per heavy atom. The largest absolute Gasteiger partial charge is 0.372 e. The van der Waals surface area contributed by atoms with E-state index in [1.165, 1.54) is 0 Å². The lowest BCUT2D eigenvalue weighted by Crippen LogP contribution is -2.34. The number of benzene rings is 1. The summed E-state index contributed by atoms with van der Waals surface area (Å²) in [6.07, 6.45) is 3.91. The minimum atomic E-state index is 0.338. The minimum Gasteiger partial charge on any atom is -0.372 e. The molecule has 0 aliphatic heterocycles. The number of ketones is 1. The van der Waals surface area contributed by atoms with Gasteiger partial charge in [0.05, 0.1) is 0 Å². The fourth-order valence-corrected chi connectivity index (χ4v) is 2.58. The molecule has 1 fully saturated rings. The van der Waals surface area contributed by atoms with Crippen LogP contribution in [0.2, 0.25) is 0 Å². The third-order valence-electron chi connectivity index (χ3n) is 3.88. The molecule has 3 nitrogen and oxygen atoms in total. The van der Waals surface area contributed by atoms with Gasteiger partial charge in [-0.15, -0.1) is 0 Å². The number of Topliss-reactive ketones (excluding diaryl/α,β-unsaturated/α-hetero) is 1. The Bertz CT molecular complexity index is 498. The SMILES string of the molecule is C=C(c1ccccc1C=O)N(C)C1CCC(=O)CC1.CC. The third kappa shape index (κ3) is 4.28. The van der Waals surface area contributed by atoms with Gasteiger partial charge in [0.15, 0.2) is 6.29 Å². The molecule has 2 rings (SSSR count). The summed E-state index contributed by atoms with van der Waals surface area (Å²) in [4.78, 5) is 24.5. The van der Waals surface area contributed by atoms with Gasteiger partial charge < -0.3 is 4.90 Å². The number of carbonyl (C=O) groups excluding carboxylic acids is 2. The van der Waals surface area contributed by atoms with Crippen molar-refractivity contribution >= 4 is 17.8 Å². The van der Waals surface area contributed by atoms with E-state index in [9.17, 15) is 9.59 Å². The van der Waals surface area contributed by atoms with Crippen molar-refractivity contribution in [3.63, 3.8) is 0 Å². The van der Waals surface area contributed by atoms with Crippen molar-refractivity contribution in [2.75, 3.05) is 7.05 Å². The summed E-state index contributed by atoms with van der Waals surface area (Å²) in [6.45, 7) is 8.11. The van der Waals surface area contributed by atoms with Crippen molar-refractivity contribution < 1.29 is 9.59 Å². The second-order valence-electron chi connectivity index (χ2n) is 5.03. The van der Waals surface area contributed by atoms with E-state index in [4.69, 9.17) is 0 Å². The van der Waals surface area contributed by atoms with Crippen LogP contribution in [0.4, 0.5) is 0 Å². The number of rotatable bonds is 4. The second kappa shape index (κ2) is 8.40. The van der Waals surface area contributed by atoms with E-state index >= 15 is 0 Å². The number of carbonyl (C=O) groups is 2. The van der Waals surface area contributed by atoms with Crippen LogP contribution in [0.15, 0.2) is 30.8 Å². The Hall–Kier alpha value is -1.90. The third-order valence-corrected chi connectivity index (χ3v) is 3.88. The molecule has 21 heavy (non-hydrogen) atoms. The van der Waals surface area contributed by atoms with Crippen LogP contribution < -0.4 is 0 Å². The lowest BCUT2D eigenvalue weighted by atomic mass is 9.92. The Balaban J connectivity index is 0.00000106. The molecule has 1 aromatic rings. The molecule has 0 unspecified atom stereocenters. The maximum atomic E-state index is 11.3. The Morgan fingerprint density at radius 2 is 1.81 bits per heavy atom. The van der Waals surface area contributed by atoms with E-state index < -0.39 is 0 Å². The molecule has 0 heterocycles. The van der Waals surface area contributed by atoms with Gasteiger partial charge in [-0.1, -0.05) is 44.7 Å². The number of hydrogen-bond donors (Lipinski definition) is 0. The van der Waals surface area contributed by atoms with Gasteiger partial charge in [-0.05, 0) is 12.8 Å². The maximum absolute atomic E-state index is 11.3. The molecule has 0 radical (unpaired) electrons. The minimum absolute atomic E-state index is 0.338. The van der Waals surface area contributed by atoms with E-state index in [1.807, 2.05) is 39.1 Å². The quantitative estimate of drug-likeness (QED) is 0.787. The van der Waals surface area contributed by atoms with Crippen LogP contribution in [0.25, 0.3) is 5.70 Å². The molecule has 114 valence electrons. The Labute approximate surface area is 127 Å². The second-order valence-corrected chi connectivity index (χ2v) is 5.03. The molecule has 0 bridgehead atoms. The molecular weight excluding hydrogens is 262 g/mol. The van der Waals surface area contributed by atoms with Crippen molar-refractivity contribution in [3.05, 3.63) is 42.0 Å². The summed E-state index contributed by atoms with van der Waals surface area (Å²) < 4.78 is 0. The first-order valence-corrected chi connectivity index (χ1v) is 7.61. The molecular formula is C18H25NO2. The van der Waals surface area contributed by atoms with Crippen molar-refractivity contribution in [2.24, 2.45) is 0 Å². The first kappa shape index (κ1) is 17.2. The fraction of sp³-hybridized carbons (Fsp3) is 0.444. The maximum Gasteiger partial charge on any atom is 0.150 e. The van der Waals surface area contributed by atoms with Gasteiger partial charge >= 0.3 is 0 Å². The highest BCUT2D eigenvalue weighted by molar-refractivity contribution is 5.84. The Morgan fingerprint density at radius 1 is 1.24 bits per heavy atom. The molecule has 1 aliphatic carbocycles. The summed E-state index contributed by atoms with van der Waals surface area (Å²) >= 11 is 0. The highest BCUT2D eigenvalue weighted by Gasteiger charge is 2.23. The predicted molar refractivity (Wildman–Crippen MR) is 87.2 cm³/mol. The van der Waals surface area contributed by atoms with Crippen molar-refractivity contribution in [3.8, 4) is 0 Å². The highest BCUT2D eigenvalue weighted by atomic mass is 16.1. The van der Waals surface area contributed by atoms with Gasteiger partial charge in [-0.2, -0.15) is 0 Å². The number of nitrogens with zero attached hydrogens (tertiary/aromatic N) is 1. The van der Waals surface area contributed by atoms with Crippen LogP contribution in [0, 0.1) is 0 Å². The highest BCUT2D eigenvalue weighted by Crippen LogP contribution is 2.27. The first-order valence-electron chi connectivity index (χ1n) is 7.61. The van der Waals surface area contributed by atoms with Crippen molar-refractivity contribution in [1.29, 1.82) is 0 Å². The van der Waals surface area contributed by atoms with Crippen LogP contribution in [0.5, 0.6) is 0 Å². The smallest absolute Gasteiger partial charge is 0.150 e. The molecule has 1 aliphatic rings. The molecule has 0 atom stereocenters. The molecule has 0 aromatic heterocycles. The molecule has 1 aromatic carbocycles. The summed E-state index contributed by atoms with van der Waals surface area (Å²) in [5, 5.41) is 0. The van der Waals surface area contributed by atoms with Gasteiger partial charge in [-0.25, -0.2) is 0 Å². The molecule has 3 heteroatoms. The summed E-state index contributed by atoms with van der Waals surface area (Å²) in [7, 11) is 1.99. The van der Waals surface area contributed by atoms with Gasteiger partial charge in [0.1, 0.15) is 5.78 Å². The van der Waals surface area contributed by atoms with Gasteiger partial charge in [0.2, 0.25) is 0 Å². The summed E-state index contributed by atoms with van der Waals surface area (Å²) in [5.41, 5.74) is 2.38. The standard InChI is InChI=1S/C16H19NO2.C2H6/c1-12(16-6-4-3-5-13(16)11-18)17(2)14-7-9-15(19)10-8-14;1-2/h3-6,11,14H,1,7-10H2,2H3;1-2H3. The van der Waals surface area contributed by atoms with E-state index in [0.29, 0.717) is 30.2 Å². The average Bonchev–Trinajstić information content (AvgIpc) is 2.56. The van der Waals surface area contributed by atoms with Crippen LogP contribution in [-0.4, -0.2) is 30.1 Å². The molecule has 0 spiro atoms. The van der Waals surface area contributed by atoms with Crippen molar-refractivity contribution in [1.82, 2.24) is 4.90 Å². The Kier molecular flexibility index (Phi) is 6.86. The van der Waals surface area contributed by atoms with Crippen LogP contribution in [-0.2, 0) is 4.79 Å². The van der Waals surface area contributed by atoms with Gasteiger partial charge in [0, 0.05) is 42.8 Å². The zero-order valence-electron chi connectivity index (χ0n) is 13.3.